The van der Waals surface area contributed by atoms with Gasteiger partial charge in [-0.25, -0.2) is 0 Å². The summed E-state index contributed by atoms with van der Waals surface area (Å²) >= 11 is 0. The molecule has 0 N–H and O–H groups in total. The number of pyridine rings is 1. The summed E-state index contributed by atoms with van der Waals surface area (Å²) in [6.45, 7) is 4.67. The molecule has 6 nitrogen and oxygen atoms in total. The molecular weight excluding hydrogens is 340 g/mol. The van der Waals surface area contributed by atoms with E-state index in [1.54, 1.807) is 12.3 Å². The summed E-state index contributed by atoms with van der Waals surface area (Å²) in [5.41, 5.74) is 3.49. The van der Waals surface area contributed by atoms with Crippen LogP contribution in [0.5, 0.6) is 5.75 Å². The van der Waals surface area contributed by atoms with Gasteiger partial charge in [0.05, 0.1) is 24.5 Å². The Labute approximate surface area is 158 Å². The molecule has 138 valence electrons. The largest absolute Gasteiger partial charge is 0.494 e. The van der Waals surface area contributed by atoms with Crippen molar-refractivity contribution in [3.05, 3.63) is 66.1 Å². The fraction of sp³-hybridized carbons (Fsp3) is 0.286. The summed E-state index contributed by atoms with van der Waals surface area (Å²) in [5.74, 6) is 0.821. The number of rotatable bonds is 4. The van der Waals surface area contributed by atoms with E-state index in [0.717, 1.165) is 35.7 Å². The first-order valence-corrected chi connectivity index (χ1v) is 9.25. The molecule has 0 radical (unpaired) electrons. The summed E-state index contributed by atoms with van der Waals surface area (Å²) < 4.78 is 7.51. The van der Waals surface area contributed by atoms with Crippen molar-refractivity contribution in [3.63, 3.8) is 0 Å². The van der Waals surface area contributed by atoms with Gasteiger partial charge in [0, 0.05) is 24.8 Å². The average Bonchev–Trinajstić information content (AvgIpc) is 3.00. The SMILES string of the molecule is CCOc1ccc(-c2cc3n(n2)CCCN(C(=O)c2ccccn2)C3)cc1. The lowest BCUT2D eigenvalue weighted by atomic mass is 10.1. The van der Waals surface area contributed by atoms with Crippen LogP contribution in [0.15, 0.2) is 54.7 Å². The van der Waals surface area contributed by atoms with Crippen LogP contribution >= 0.6 is 0 Å². The molecule has 2 aromatic heterocycles. The first kappa shape index (κ1) is 17.3. The predicted molar refractivity (Wildman–Crippen MR) is 102 cm³/mol. The van der Waals surface area contributed by atoms with Gasteiger partial charge < -0.3 is 9.64 Å². The van der Waals surface area contributed by atoms with Crippen LogP contribution in [0.3, 0.4) is 0 Å². The summed E-state index contributed by atoms with van der Waals surface area (Å²) in [7, 11) is 0. The molecule has 0 saturated heterocycles. The van der Waals surface area contributed by atoms with Crippen LogP contribution < -0.4 is 4.74 Å². The number of hydrogen-bond donors (Lipinski definition) is 0. The zero-order chi connectivity index (χ0) is 18.6. The Morgan fingerprint density at radius 3 is 2.74 bits per heavy atom. The summed E-state index contributed by atoms with van der Waals surface area (Å²) in [6, 6.07) is 15.4. The maximum absolute atomic E-state index is 12.8. The molecule has 0 aliphatic carbocycles. The van der Waals surface area contributed by atoms with Gasteiger partial charge in [0.15, 0.2) is 0 Å². The second-order valence-electron chi connectivity index (χ2n) is 6.50. The third kappa shape index (κ3) is 3.69. The Balaban J connectivity index is 1.56. The molecule has 0 saturated carbocycles. The molecule has 1 aliphatic rings. The Bertz CT molecular complexity index is 919. The minimum absolute atomic E-state index is 0.0344. The third-order valence-corrected chi connectivity index (χ3v) is 4.65. The van der Waals surface area contributed by atoms with Gasteiger partial charge in [-0.05, 0) is 55.8 Å². The van der Waals surface area contributed by atoms with Crippen LogP contribution in [-0.2, 0) is 13.1 Å². The molecule has 1 aromatic carbocycles. The molecule has 0 fully saturated rings. The average molecular weight is 362 g/mol. The zero-order valence-corrected chi connectivity index (χ0v) is 15.3. The Morgan fingerprint density at radius 1 is 1.15 bits per heavy atom. The van der Waals surface area contributed by atoms with Gasteiger partial charge in [-0.1, -0.05) is 6.07 Å². The minimum atomic E-state index is -0.0344. The topological polar surface area (TPSA) is 60.2 Å². The van der Waals surface area contributed by atoms with Crippen molar-refractivity contribution in [2.45, 2.75) is 26.4 Å². The molecule has 3 heterocycles. The highest BCUT2D eigenvalue weighted by molar-refractivity contribution is 5.92. The van der Waals surface area contributed by atoms with Crippen LogP contribution in [0, 0.1) is 0 Å². The second kappa shape index (κ2) is 7.61. The fourth-order valence-corrected chi connectivity index (χ4v) is 3.32. The van der Waals surface area contributed by atoms with Crippen LogP contribution in [0.4, 0.5) is 0 Å². The summed E-state index contributed by atoms with van der Waals surface area (Å²) in [4.78, 5) is 18.8. The maximum Gasteiger partial charge on any atom is 0.272 e. The number of ether oxygens (including phenoxy) is 1. The zero-order valence-electron chi connectivity index (χ0n) is 15.3. The molecule has 1 aliphatic heterocycles. The highest BCUT2D eigenvalue weighted by Gasteiger charge is 2.22. The van der Waals surface area contributed by atoms with Gasteiger partial charge >= 0.3 is 0 Å². The van der Waals surface area contributed by atoms with Crippen molar-refractivity contribution in [1.29, 1.82) is 0 Å². The molecular formula is C21H22N4O2. The summed E-state index contributed by atoms with van der Waals surface area (Å²) in [6.07, 6.45) is 2.52. The van der Waals surface area contributed by atoms with Crippen LogP contribution in [0.2, 0.25) is 0 Å². The van der Waals surface area contributed by atoms with Crippen molar-refractivity contribution >= 4 is 5.91 Å². The van der Waals surface area contributed by atoms with E-state index >= 15 is 0 Å². The number of aromatic nitrogens is 3. The van der Waals surface area contributed by atoms with E-state index in [1.165, 1.54) is 0 Å². The lowest BCUT2D eigenvalue weighted by Gasteiger charge is -2.19. The van der Waals surface area contributed by atoms with Crippen LogP contribution in [0.25, 0.3) is 11.3 Å². The van der Waals surface area contributed by atoms with E-state index in [2.05, 4.69) is 11.1 Å². The van der Waals surface area contributed by atoms with Gasteiger partial charge in [0.2, 0.25) is 0 Å². The van der Waals surface area contributed by atoms with E-state index in [-0.39, 0.29) is 5.91 Å². The number of hydrogen-bond acceptors (Lipinski definition) is 4. The molecule has 0 bridgehead atoms. The number of carbonyl (C=O) groups excluding carboxylic acids is 1. The normalized spacial score (nSPS) is 13.7. The van der Waals surface area contributed by atoms with Gasteiger partial charge in [-0.2, -0.15) is 5.10 Å². The van der Waals surface area contributed by atoms with Gasteiger partial charge in [0.1, 0.15) is 11.4 Å². The van der Waals surface area contributed by atoms with Gasteiger partial charge in [0.25, 0.3) is 5.91 Å². The Morgan fingerprint density at radius 2 is 2.00 bits per heavy atom. The Hall–Kier alpha value is -3.15. The van der Waals surface area contributed by atoms with Crippen molar-refractivity contribution < 1.29 is 9.53 Å². The molecule has 4 rings (SSSR count). The second-order valence-corrected chi connectivity index (χ2v) is 6.50. The molecule has 0 atom stereocenters. The third-order valence-electron chi connectivity index (χ3n) is 4.65. The fourth-order valence-electron chi connectivity index (χ4n) is 3.32. The number of fused-ring (bicyclic) bond motifs is 1. The van der Waals surface area contributed by atoms with Crippen molar-refractivity contribution in [2.24, 2.45) is 0 Å². The van der Waals surface area contributed by atoms with Gasteiger partial charge in [-0.15, -0.1) is 0 Å². The lowest BCUT2D eigenvalue weighted by molar-refractivity contribution is 0.0740. The van der Waals surface area contributed by atoms with E-state index in [4.69, 9.17) is 9.84 Å². The van der Waals surface area contributed by atoms with E-state index in [9.17, 15) is 4.79 Å². The van der Waals surface area contributed by atoms with Crippen molar-refractivity contribution in [3.8, 4) is 17.0 Å². The minimum Gasteiger partial charge on any atom is -0.494 e. The molecule has 1 amide bonds. The highest BCUT2D eigenvalue weighted by atomic mass is 16.5. The lowest BCUT2D eigenvalue weighted by Crippen LogP contribution is -2.31. The maximum atomic E-state index is 12.8. The predicted octanol–water partition coefficient (Wildman–Crippen LogP) is 3.39. The molecule has 0 unspecified atom stereocenters. The highest BCUT2D eigenvalue weighted by Crippen LogP contribution is 2.24. The molecule has 6 heteroatoms. The van der Waals surface area contributed by atoms with Crippen molar-refractivity contribution in [2.75, 3.05) is 13.2 Å². The first-order chi connectivity index (χ1) is 13.2. The van der Waals surface area contributed by atoms with Crippen LogP contribution in [0.1, 0.15) is 29.5 Å². The van der Waals surface area contributed by atoms with Crippen molar-refractivity contribution in [1.82, 2.24) is 19.7 Å². The van der Waals surface area contributed by atoms with Gasteiger partial charge in [-0.3, -0.25) is 14.5 Å². The monoisotopic (exact) mass is 362 g/mol. The standard InChI is InChI=1S/C21H22N4O2/c1-2-27-18-9-7-16(8-10-18)20-14-17-15-24(12-5-13-25(17)23-20)21(26)19-6-3-4-11-22-19/h3-4,6-11,14H,2,5,12-13,15H2,1H3. The van der Waals surface area contributed by atoms with E-state index in [0.29, 0.717) is 25.4 Å². The number of carbonyl (C=O) groups is 1. The first-order valence-electron chi connectivity index (χ1n) is 9.25. The molecule has 0 spiro atoms. The number of amides is 1. The number of benzene rings is 1. The number of aryl methyl sites for hydroxylation is 1. The summed E-state index contributed by atoms with van der Waals surface area (Å²) in [5, 5.41) is 4.75. The van der Waals surface area contributed by atoms with Crippen LogP contribution in [-0.4, -0.2) is 38.7 Å². The smallest absolute Gasteiger partial charge is 0.272 e. The van der Waals surface area contributed by atoms with E-state index in [1.807, 2.05) is 52.9 Å². The number of nitrogens with zero attached hydrogens (tertiary/aromatic N) is 4. The quantitative estimate of drug-likeness (QED) is 0.714. The molecule has 3 aromatic rings. The molecule has 27 heavy (non-hydrogen) atoms. The van der Waals surface area contributed by atoms with E-state index < -0.39 is 0 Å². The Kier molecular flexibility index (Phi) is 4.87.